The first kappa shape index (κ1) is 21.1. The molecule has 1 spiro atoms. The third-order valence-electron chi connectivity index (χ3n) is 7.03. The molecule has 0 radical (unpaired) electrons. The van der Waals surface area contributed by atoms with E-state index in [-0.39, 0.29) is 35.8 Å². The van der Waals surface area contributed by atoms with Gasteiger partial charge in [-0.05, 0) is 57.9 Å². The Hall–Kier alpha value is -2.16. The van der Waals surface area contributed by atoms with Gasteiger partial charge in [-0.2, -0.15) is 0 Å². The van der Waals surface area contributed by atoms with Crippen molar-refractivity contribution >= 4 is 27.6 Å². The summed E-state index contributed by atoms with van der Waals surface area (Å²) in [5.41, 5.74) is 1.08. The lowest BCUT2D eigenvalue weighted by molar-refractivity contribution is -0.132. The van der Waals surface area contributed by atoms with Gasteiger partial charge in [-0.1, -0.05) is 6.92 Å². The molecule has 1 saturated carbocycles. The molecule has 4 rings (SSSR count). The summed E-state index contributed by atoms with van der Waals surface area (Å²) in [4.78, 5) is 39.6. The van der Waals surface area contributed by atoms with Crippen LogP contribution in [-0.2, 0) is 14.6 Å². The maximum Gasteiger partial charge on any atom is 0.325 e. The van der Waals surface area contributed by atoms with E-state index < -0.39 is 21.4 Å². The predicted octanol–water partition coefficient (Wildman–Crippen LogP) is 2.15. The summed E-state index contributed by atoms with van der Waals surface area (Å²) in [5.74, 6) is 0.149. The number of imide groups is 1. The highest BCUT2D eigenvalue weighted by Crippen LogP contribution is 2.36. The van der Waals surface area contributed by atoms with Crippen molar-refractivity contribution in [3.8, 4) is 0 Å². The molecule has 8 nitrogen and oxygen atoms in total. The van der Waals surface area contributed by atoms with Gasteiger partial charge in [0.05, 0.1) is 18.1 Å². The van der Waals surface area contributed by atoms with Crippen LogP contribution in [0.5, 0.6) is 0 Å². The molecule has 2 saturated heterocycles. The number of carbonyl (C=O) groups excluding carboxylic acids is 3. The van der Waals surface area contributed by atoms with E-state index in [0.29, 0.717) is 36.4 Å². The molecule has 3 amide bonds. The van der Waals surface area contributed by atoms with Crippen LogP contribution >= 0.6 is 0 Å². The van der Waals surface area contributed by atoms with Crippen LogP contribution in [0.1, 0.15) is 66.8 Å². The van der Waals surface area contributed by atoms with Crippen LogP contribution in [0.4, 0.5) is 4.79 Å². The van der Waals surface area contributed by atoms with Gasteiger partial charge in [-0.15, -0.1) is 0 Å². The SMILES string of the molecule is Cc1cc(C(=O)CN2C(=O)NC3(CCC(C)CC3)C2=O)c(C)n1[C@@H]1CCS(=O)(=O)C1. The second-order valence-corrected chi connectivity index (χ2v) is 11.4. The van der Waals surface area contributed by atoms with Crippen molar-refractivity contribution in [2.75, 3.05) is 18.1 Å². The van der Waals surface area contributed by atoms with E-state index in [4.69, 9.17) is 0 Å². The van der Waals surface area contributed by atoms with Crippen LogP contribution in [0.3, 0.4) is 0 Å². The number of ketones is 1. The van der Waals surface area contributed by atoms with Gasteiger partial charge in [-0.25, -0.2) is 13.2 Å². The second-order valence-electron chi connectivity index (χ2n) is 9.22. The third kappa shape index (κ3) is 3.46. The summed E-state index contributed by atoms with van der Waals surface area (Å²) < 4.78 is 25.7. The van der Waals surface area contributed by atoms with Crippen LogP contribution in [0.2, 0.25) is 0 Å². The van der Waals surface area contributed by atoms with E-state index in [1.54, 1.807) is 13.0 Å². The average Bonchev–Trinajstić information content (AvgIpc) is 3.25. The maximum atomic E-state index is 13.0. The molecule has 3 aliphatic rings. The Morgan fingerprint density at radius 3 is 2.47 bits per heavy atom. The molecular weight excluding hydrogens is 406 g/mol. The monoisotopic (exact) mass is 435 g/mol. The van der Waals surface area contributed by atoms with Gasteiger partial charge in [0.15, 0.2) is 15.6 Å². The fourth-order valence-corrected chi connectivity index (χ4v) is 6.94. The zero-order valence-corrected chi connectivity index (χ0v) is 18.5. The number of carbonyl (C=O) groups is 3. The maximum absolute atomic E-state index is 13.0. The Kier molecular flexibility index (Phi) is 5.07. The van der Waals surface area contributed by atoms with E-state index in [1.165, 1.54) is 0 Å². The van der Waals surface area contributed by atoms with E-state index in [0.717, 1.165) is 23.4 Å². The van der Waals surface area contributed by atoms with Gasteiger partial charge in [0.25, 0.3) is 5.91 Å². The number of nitrogens with zero attached hydrogens (tertiary/aromatic N) is 2. The molecule has 30 heavy (non-hydrogen) atoms. The molecule has 1 N–H and O–H groups in total. The van der Waals surface area contributed by atoms with Crippen molar-refractivity contribution in [3.63, 3.8) is 0 Å². The number of Topliss-reactive ketones (excluding diaryl/α,β-unsaturated/α-hetero) is 1. The standard InChI is InChI=1S/C21H29N3O5S/c1-13-4-7-21(8-5-13)19(26)23(20(27)22-21)11-18(25)17-10-14(2)24(15(17)3)16-6-9-30(28,29)12-16/h10,13,16H,4-9,11-12H2,1-3H3,(H,22,27)/t13?,16-,21?/m1/s1. The second kappa shape index (κ2) is 7.21. The van der Waals surface area contributed by atoms with Gasteiger partial charge >= 0.3 is 6.03 Å². The Morgan fingerprint density at radius 2 is 1.87 bits per heavy atom. The number of hydrogen-bond acceptors (Lipinski definition) is 5. The van der Waals surface area contributed by atoms with Gasteiger partial charge in [-0.3, -0.25) is 14.5 Å². The van der Waals surface area contributed by atoms with E-state index in [9.17, 15) is 22.8 Å². The number of urea groups is 1. The van der Waals surface area contributed by atoms with Crippen molar-refractivity contribution in [1.29, 1.82) is 0 Å². The number of aromatic nitrogens is 1. The zero-order chi connectivity index (χ0) is 21.8. The number of rotatable bonds is 4. The predicted molar refractivity (Wildman–Crippen MR) is 111 cm³/mol. The molecule has 0 aromatic carbocycles. The highest BCUT2D eigenvalue weighted by molar-refractivity contribution is 7.91. The summed E-state index contributed by atoms with van der Waals surface area (Å²) in [6, 6.07) is 1.05. The van der Waals surface area contributed by atoms with Crippen LogP contribution in [-0.4, -0.2) is 59.2 Å². The minimum absolute atomic E-state index is 0.0744. The normalized spacial score (nSPS) is 30.8. The summed E-state index contributed by atoms with van der Waals surface area (Å²) in [6.45, 7) is 5.48. The molecule has 1 aromatic rings. The number of nitrogens with one attached hydrogen (secondary N) is 1. The Labute approximate surface area is 176 Å². The lowest BCUT2D eigenvalue weighted by Crippen LogP contribution is -2.49. The Morgan fingerprint density at radius 1 is 1.20 bits per heavy atom. The molecule has 164 valence electrons. The molecule has 1 aromatic heterocycles. The quantitative estimate of drug-likeness (QED) is 0.576. The molecule has 3 heterocycles. The molecule has 9 heteroatoms. The van der Waals surface area contributed by atoms with E-state index >= 15 is 0 Å². The van der Waals surface area contributed by atoms with E-state index in [1.807, 2.05) is 11.5 Å². The first-order valence-corrected chi connectivity index (χ1v) is 12.4. The fraction of sp³-hybridized carbons (Fsp3) is 0.667. The highest BCUT2D eigenvalue weighted by atomic mass is 32.2. The largest absolute Gasteiger partial charge is 0.344 e. The van der Waals surface area contributed by atoms with Gasteiger partial charge in [0.2, 0.25) is 0 Å². The number of hydrogen-bond donors (Lipinski definition) is 1. The van der Waals surface area contributed by atoms with Crippen LogP contribution in [0.25, 0.3) is 0 Å². The minimum Gasteiger partial charge on any atom is -0.344 e. The lowest BCUT2D eigenvalue weighted by Gasteiger charge is -2.33. The third-order valence-corrected chi connectivity index (χ3v) is 8.78. The van der Waals surface area contributed by atoms with Crippen molar-refractivity contribution < 1.29 is 22.8 Å². The van der Waals surface area contributed by atoms with Crippen molar-refractivity contribution in [2.45, 2.75) is 64.5 Å². The Balaban J connectivity index is 1.53. The van der Waals surface area contributed by atoms with Crippen LogP contribution in [0.15, 0.2) is 6.07 Å². The lowest BCUT2D eigenvalue weighted by atomic mass is 9.77. The molecule has 3 fully saturated rings. The fourth-order valence-electron chi connectivity index (χ4n) is 5.24. The molecule has 2 aliphatic heterocycles. The van der Waals surface area contributed by atoms with Crippen molar-refractivity contribution in [2.24, 2.45) is 5.92 Å². The number of amides is 3. The molecule has 0 unspecified atom stereocenters. The van der Waals surface area contributed by atoms with Crippen LogP contribution < -0.4 is 5.32 Å². The zero-order valence-electron chi connectivity index (χ0n) is 17.7. The first-order valence-electron chi connectivity index (χ1n) is 10.6. The van der Waals surface area contributed by atoms with Gasteiger partial charge in [0, 0.05) is 23.0 Å². The summed E-state index contributed by atoms with van der Waals surface area (Å²) in [5, 5.41) is 2.84. The molecular formula is C21H29N3O5S. The van der Waals surface area contributed by atoms with Gasteiger partial charge < -0.3 is 9.88 Å². The van der Waals surface area contributed by atoms with Crippen LogP contribution in [0, 0.1) is 19.8 Å². The topological polar surface area (TPSA) is 106 Å². The minimum atomic E-state index is -3.05. The first-order chi connectivity index (χ1) is 14.0. The summed E-state index contributed by atoms with van der Waals surface area (Å²) >= 11 is 0. The van der Waals surface area contributed by atoms with Gasteiger partial charge in [0.1, 0.15) is 5.54 Å². The highest BCUT2D eigenvalue weighted by Gasteiger charge is 2.52. The smallest absolute Gasteiger partial charge is 0.325 e. The van der Waals surface area contributed by atoms with Crippen molar-refractivity contribution in [3.05, 3.63) is 23.0 Å². The summed E-state index contributed by atoms with van der Waals surface area (Å²) in [6.07, 6.45) is 3.49. The molecule has 1 atom stereocenters. The van der Waals surface area contributed by atoms with E-state index in [2.05, 4.69) is 12.2 Å². The Bertz CT molecular complexity index is 1020. The molecule has 1 aliphatic carbocycles. The summed E-state index contributed by atoms with van der Waals surface area (Å²) in [7, 11) is -3.05. The number of sulfone groups is 1. The molecule has 0 bridgehead atoms. The number of aryl methyl sites for hydroxylation is 1. The van der Waals surface area contributed by atoms with Crippen molar-refractivity contribution in [1.82, 2.24) is 14.8 Å². The average molecular weight is 436 g/mol.